The minimum atomic E-state index is -0.449. The normalized spacial score (nSPS) is 13.9. The summed E-state index contributed by atoms with van der Waals surface area (Å²) >= 11 is 0. The van der Waals surface area contributed by atoms with E-state index >= 15 is 0 Å². The second-order valence-electron chi connectivity index (χ2n) is 5.06. The fourth-order valence-corrected chi connectivity index (χ4v) is 1.66. The van der Waals surface area contributed by atoms with Gasteiger partial charge < -0.3 is 9.84 Å². The Morgan fingerprint density at radius 2 is 2.24 bits per heavy atom. The lowest BCUT2D eigenvalue weighted by molar-refractivity contribution is 0.00278. The lowest BCUT2D eigenvalue weighted by Crippen LogP contribution is -2.23. The number of hydrogen-bond donors (Lipinski definition) is 1. The van der Waals surface area contributed by atoms with Crippen LogP contribution in [0.15, 0.2) is 12.4 Å². The highest BCUT2D eigenvalue weighted by atomic mass is 16.5. The van der Waals surface area contributed by atoms with Gasteiger partial charge in [0.05, 0.1) is 17.9 Å². The predicted octanol–water partition coefficient (Wildman–Crippen LogP) is 2.53. The summed E-state index contributed by atoms with van der Waals surface area (Å²) in [5, 5.41) is 14.3. The third-order valence-corrected chi connectivity index (χ3v) is 3.06. The molecule has 0 spiro atoms. The Kier molecular flexibility index (Phi) is 5.15. The number of aliphatic hydroxyl groups is 1. The van der Waals surface area contributed by atoms with Crippen LogP contribution in [0.25, 0.3) is 0 Å². The highest BCUT2D eigenvalue weighted by Crippen LogP contribution is 2.23. The zero-order valence-electron chi connectivity index (χ0n) is 11.3. The van der Waals surface area contributed by atoms with E-state index in [9.17, 15) is 5.11 Å². The van der Waals surface area contributed by atoms with Crippen molar-refractivity contribution in [3.63, 3.8) is 0 Å². The fourth-order valence-electron chi connectivity index (χ4n) is 1.66. The summed E-state index contributed by atoms with van der Waals surface area (Å²) in [5.74, 6) is 0. The van der Waals surface area contributed by atoms with E-state index in [0.29, 0.717) is 6.42 Å². The molecule has 1 rings (SSSR count). The highest BCUT2D eigenvalue weighted by Gasteiger charge is 2.19. The molecule has 1 unspecified atom stereocenters. The Hall–Kier alpha value is -0.870. The van der Waals surface area contributed by atoms with E-state index in [1.807, 2.05) is 24.7 Å². The molecule has 0 amide bonds. The summed E-state index contributed by atoms with van der Waals surface area (Å²) in [6.07, 6.45) is 5.79. The largest absolute Gasteiger partial charge is 0.388 e. The number of aliphatic hydroxyl groups excluding tert-OH is 1. The number of rotatable bonds is 7. The summed E-state index contributed by atoms with van der Waals surface area (Å²) in [6, 6.07) is 0. The molecule has 1 heterocycles. The average molecular weight is 240 g/mol. The quantitative estimate of drug-likeness (QED) is 0.796. The first kappa shape index (κ1) is 14.2. The van der Waals surface area contributed by atoms with Gasteiger partial charge in [0.25, 0.3) is 0 Å². The van der Waals surface area contributed by atoms with Crippen molar-refractivity contribution in [1.82, 2.24) is 9.78 Å². The third kappa shape index (κ3) is 4.48. The highest BCUT2D eigenvalue weighted by molar-refractivity contribution is 5.07. The van der Waals surface area contributed by atoms with E-state index in [-0.39, 0.29) is 5.60 Å². The zero-order chi connectivity index (χ0) is 12.9. The topological polar surface area (TPSA) is 47.3 Å². The molecule has 4 heteroatoms. The summed E-state index contributed by atoms with van der Waals surface area (Å²) in [6.45, 7) is 7.07. The zero-order valence-corrected chi connectivity index (χ0v) is 11.3. The molecule has 1 aromatic rings. The molecule has 0 aliphatic carbocycles. The Labute approximate surface area is 104 Å². The van der Waals surface area contributed by atoms with Crippen molar-refractivity contribution in [1.29, 1.82) is 0 Å². The first-order chi connectivity index (χ1) is 7.98. The standard InChI is InChI=1S/C13H24N2O2/c1-5-8-15-10-11(9-14-15)12(16)6-7-13(2,3)17-4/h9-10,12,16H,5-8H2,1-4H3. The van der Waals surface area contributed by atoms with E-state index < -0.39 is 6.10 Å². The van der Waals surface area contributed by atoms with E-state index in [0.717, 1.165) is 24.9 Å². The molecule has 0 saturated carbocycles. The van der Waals surface area contributed by atoms with Crippen LogP contribution in [-0.2, 0) is 11.3 Å². The molecule has 1 atom stereocenters. The Bertz CT molecular complexity index is 334. The van der Waals surface area contributed by atoms with Gasteiger partial charge in [-0.1, -0.05) is 6.92 Å². The van der Waals surface area contributed by atoms with Crippen LogP contribution >= 0.6 is 0 Å². The Morgan fingerprint density at radius 3 is 2.82 bits per heavy atom. The minimum absolute atomic E-state index is 0.180. The first-order valence-electron chi connectivity index (χ1n) is 6.24. The van der Waals surface area contributed by atoms with E-state index in [1.54, 1.807) is 13.3 Å². The lowest BCUT2D eigenvalue weighted by atomic mass is 9.98. The third-order valence-electron chi connectivity index (χ3n) is 3.06. The SMILES string of the molecule is CCCn1cc(C(O)CCC(C)(C)OC)cn1. The summed E-state index contributed by atoms with van der Waals surface area (Å²) in [7, 11) is 1.70. The van der Waals surface area contributed by atoms with Gasteiger partial charge in [-0.2, -0.15) is 5.10 Å². The van der Waals surface area contributed by atoms with Crippen LogP contribution in [0.4, 0.5) is 0 Å². The molecule has 4 nitrogen and oxygen atoms in total. The second kappa shape index (κ2) is 6.17. The lowest BCUT2D eigenvalue weighted by Gasteiger charge is -2.23. The molecule has 0 radical (unpaired) electrons. The van der Waals surface area contributed by atoms with Crippen molar-refractivity contribution in [2.45, 2.75) is 58.3 Å². The molecule has 0 saturated heterocycles. The summed E-state index contributed by atoms with van der Waals surface area (Å²) < 4.78 is 7.21. The minimum Gasteiger partial charge on any atom is -0.388 e. The molecular formula is C13H24N2O2. The molecule has 17 heavy (non-hydrogen) atoms. The van der Waals surface area contributed by atoms with Crippen molar-refractivity contribution in [3.8, 4) is 0 Å². The van der Waals surface area contributed by atoms with Crippen molar-refractivity contribution < 1.29 is 9.84 Å². The molecule has 0 aliphatic rings. The van der Waals surface area contributed by atoms with Gasteiger partial charge in [0.15, 0.2) is 0 Å². The van der Waals surface area contributed by atoms with E-state index in [4.69, 9.17) is 4.74 Å². The van der Waals surface area contributed by atoms with Crippen molar-refractivity contribution >= 4 is 0 Å². The first-order valence-corrected chi connectivity index (χ1v) is 6.24. The van der Waals surface area contributed by atoms with Gasteiger partial charge >= 0.3 is 0 Å². The van der Waals surface area contributed by atoms with Crippen LogP contribution in [0, 0.1) is 0 Å². The van der Waals surface area contributed by atoms with Gasteiger partial charge in [0, 0.05) is 25.4 Å². The Morgan fingerprint density at radius 1 is 1.53 bits per heavy atom. The molecule has 1 aromatic heterocycles. The van der Waals surface area contributed by atoms with Crippen molar-refractivity contribution in [2.24, 2.45) is 0 Å². The average Bonchev–Trinajstić information content (AvgIpc) is 2.75. The molecular weight excluding hydrogens is 216 g/mol. The maximum Gasteiger partial charge on any atom is 0.0821 e. The van der Waals surface area contributed by atoms with E-state index in [1.165, 1.54) is 0 Å². The summed E-state index contributed by atoms with van der Waals surface area (Å²) in [4.78, 5) is 0. The van der Waals surface area contributed by atoms with Crippen LogP contribution in [0.2, 0.25) is 0 Å². The summed E-state index contributed by atoms with van der Waals surface area (Å²) in [5.41, 5.74) is 0.714. The molecule has 1 N–H and O–H groups in total. The van der Waals surface area contributed by atoms with Gasteiger partial charge in [-0.05, 0) is 33.1 Å². The van der Waals surface area contributed by atoms with Crippen LogP contribution in [0.5, 0.6) is 0 Å². The van der Waals surface area contributed by atoms with Gasteiger partial charge in [0.1, 0.15) is 0 Å². The predicted molar refractivity (Wildman–Crippen MR) is 67.8 cm³/mol. The fraction of sp³-hybridized carbons (Fsp3) is 0.769. The van der Waals surface area contributed by atoms with Crippen LogP contribution in [0.1, 0.15) is 51.7 Å². The van der Waals surface area contributed by atoms with Crippen LogP contribution in [0.3, 0.4) is 0 Å². The molecule has 0 aliphatic heterocycles. The molecule has 0 fully saturated rings. The monoisotopic (exact) mass is 240 g/mol. The smallest absolute Gasteiger partial charge is 0.0821 e. The molecule has 0 aromatic carbocycles. The number of nitrogens with zero attached hydrogens (tertiary/aromatic N) is 2. The van der Waals surface area contributed by atoms with Gasteiger partial charge in [0.2, 0.25) is 0 Å². The molecule has 0 bridgehead atoms. The second-order valence-corrected chi connectivity index (χ2v) is 5.06. The number of aryl methyl sites for hydroxylation is 1. The van der Waals surface area contributed by atoms with Crippen LogP contribution < -0.4 is 0 Å². The van der Waals surface area contributed by atoms with Gasteiger partial charge in [-0.15, -0.1) is 0 Å². The van der Waals surface area contributed by atoms with Gasteiger partial charge in [-0.3, -0.25) is 4.68 Å². The maximum absolute atomic E-state index is 10.1. The van der Waals surface area contributed by atoms with Crippen LogP contribution in [-0.4, -0.2) is 27.6 Å². The Balaban J connectivity index is 2.48. The van der Waals surface area contributed by atoms with Crippen molar-refractivity contribution in [2.75, 3.05) is 7.11 Å². The maximum atomic E-state index is 10.1. The van der Waals surface area contributed by atoms with Crippen molar-refractivity contribution in [3.05, 3.63) is 18.0 Å². The number of methoxy groups -OCH3 is 1. The number of ether oxygens (including phenoxy) is 1. The number of aromatic nitrogens is 2. The van der Waals surface area contributed by atoms with Gasteiger partial charge in [-0.25, -0.2) is 0 Å². The number of hydrogen-bond acceptors (Lipinski definition) is 3. The van der Waals surface area contributed by atoms with E-state index in [2.05, 4.69) is 12.0 Å². The molecule has 98 valence electrons.